The Balaban J connectivity index is 1.16. The molecule has 0 spiro atoms. The van der Waals surface area contributed by atoms with Crippen LogP contribution in [-0.2, 0) is 30.3 Å². The molecule has 0 saturated heterocycles. The number of aromatic nitrogens is 1. The lowest BCUT2D eigenvalue weighted by atomic mass is 10.0. The number of unbranched alkanes of at least 4 members (excludes halogenated alkanes) is 5. The molecule has 16 heteroatoms. The van der Waals surface area contributed by atoms with Crippen LogP contribution in [0.5, 0.6) is 11.5 Å². The zero-order valence-electron chi connectivity index (χ0n) is 38.5. The van der Waals surface area contributed by atoms with Gasteiger partial charge in [-0.2, -0.15) is 0 Å². The number of aliphatic carboxylic acids is 1. The number of aliphatic imine (C=N–C) groups is 1. The molecule has 4 N–H and O–H groups in total. The first-order chi connectivity index (χ1) is 32.1. The molecular formula is C50H69N5O9S2. The van der Waals surface area contributed by atoms with Crippen LogP contribution in [0, 0.1) is 6.92 Å². The van der Waals surface area contributed by atoms with Crippen molar-refractivity contribution in [2.24, 2.45) is 4.99 Å². The summed E-state index contributed by atoms with van der Waals surface area (Å²) >= 11 is 10.0. The molecule has 0 bridgehead atoms. The van der Waals surface area contributed by atoms with Crippen LogP contribution in [-0.4, -0.2) is 109 Å². The SMILES string of the molecule is Cc1cccc(NCCCOc2ccc(C[C@@H](CC(=O)O)NC(=O)c3ccc(OCCCCC(=O)CCCCCNC(=O)COCCOCCCC(=S)CCCCCN=C=S)cc3)cc2)n1. The van der Waals surface area contributed by atoms with Crippen LogP contribution in [0.1, 0.15) is 118 Å². The molecule has 0 aliphatic carbocycles. The number of isothiocyanates is 1. The Kier molecular flexibility index (Phi) is 29.4. The summed E-state index contributed by atoms with van der Waals surface area (Å²) in [6.45, 7) is 6.31. The number of ether oxygens (including phenoxy) is 4. The molecule has 3 aromatic rings. The number of nitrogens with one attached hydrogen (secondary N) is 3. The van der Waals surface area contributed by atoms with Gasteiger partial charge in [0.25, 0.3) is 5.91 Å². The Morgan fingerprint density at radius 2 is 1.39 bits per heavy atom. The van der Waals surface area contributed by atoms with Gasteiger partial charge in [-0.1, -0.05) is 43.3 Å². The number of benzene rings is 2. The van der Waals surface area contributed by atoms with Gasteiger partial charge in [0.05, 0.1) is 38.0 Å². The monoisotopic (exact) mass is 947 g/mol. The maximum Gasteiger partial charge on any atom is 0.305 e. The van der Waals surface area contributed by atoms with Crippen LogP contribution in [0.2, 0.25) is 0 Å². The van der Waals surface area contributed by atoms with Gasteiger partial charge in [-0.3, -0.25) is 19.2 Å². The number of aryl methyl sites for hydroxylation is 1. The number of pyridine rings is 1. The van der Waals surface area contributed by atoms with Crippen LogP contribution in [0.15, 0.2) is 71.7 Å². The number of rotatable bonds is 39. The average molecular weight is 948 g/mol. The number of hydrogen-bond donors (Lipinski definition) is 4. The summed E-state index contributed by atoms with van der Waals surface area (Å²) in [5.74, 6) is 0.826. The third kappa shape index (κ3) is 27.4. The van der Waals surface area contributed by atoms with Crippen LogP contribution < -0.4 is 25.4 Å². The molecule has 0 aliphatic rings. The smallest absolute Gasteiger partial charge is 0.305 e. The number of anilines is 1. The largest absolute Gasteiger partial charge is 0.494 e. The van der Waals surface area contributed by atoms with E-state index in [4.69, 9.17) is 31.2 Å². The van der Waals surface area contributed by atoms with Crippen LogP contribution in [0.4, 0.5) is 5.82 Å². The van der Waals surface area contributed by atoms with E-state index in [9.17, 15) is 24.3 Å². The van der Waals surface area contributed by atoms with E-state index in [0.717, 1.165) is 99.2 Å². The minimum atomic E-state index is -1.00. The molecular weight excluding hydrogens is 879 g/mol. The average Bonchev–Trinajstić information content (AvgIpc) is 3.29. The highest BCUT2D eigenvalue weighted by molar-refractivity contribution is 7.80. The first-order valence-electron chi connectivity index (χ1n) is 23.2. The molecule has 1 heterocycles. The standard InChI is InChI=1S/C50H69N5O9S2/c1-39-13-10-18-47(54-39)52-29-12-32-64-44-23-19-40(20-24-44)35-42(36-49(58)59)55-50(60)41-21-25-45(26-22-41)63-31-9-6-15-43(56)14-4-2-8-28-53-48(57)37-62-34-33-61-30-11-17-46(66)16-5-3-7-27-51-38-65/h10,13,18-26,42H,2-9,11-12,14-17,27-37H2,1H3,(H,52,54)(H,53,57)(H,55,60)(H,58,59)/t42-/m0/s1. The molecule has 1 atom stereocenters. The lowest BCUT2D eigenvalue weighted by Crippen LogP contribution is -2.38. The van der Waals surface area contributed by atoms with E-state index in [2.05, 4.69) is 43.3 Å². The summed E-state index contributed by atoms with van der Waals surface area (Å²) in [6.07, 6.45) is 11.6. The first kappa shape index (κ1) is 55.2. The highest BCUT2D eigenvalue weighted by Gasteiger charge is 2.18. The normalized spacial score (nSPS) is 11.2. The first-order valence-corrected chi connectivity index (χ1v) is 24.1. The minimum Gasteiger partial charge on any atom is -0.494 e. The van der Waals surface area contributed by atoms with Crippen molar-refractivity contribution < 1.29 is 43.2 Å². The fraction of sp³-hybridized carbons (Fsp3) is 0.540. The second-order valence-electron chi connectivity index (χ2n) is 16.0. The number of Topliss-reactive ketones (excluding diaryl/α,β-unsaturated/α-hetero) is 1. The zero-order chi connectivity index (χ0) is 47.5. The predicted octanol–water partition coefficient (Wildman–Crippen LogP) is 8.73. The highest BCUT2D eigenvalue weighted by atomic mass is 32.1. The van der Waals surface area contributed by atoms with Crippen molar-refractivity contribution in [2.45, 2.75) is 116 Å². The minimum absolute atomic E-state index is 0.00665. The van der Waals surface area contributed by atoms with Crippen LogP contribution >= 0.6 is 24.4 Å². The maximum absolute atomic E-state index is 13.1. The summed E-state index contributed by atoms with van der Waals surface area (Å²) in [4.78, 5) is 58.5. The number of carbonyl (C=O) groups excluding carboxylic acids is 3. The van der Waals surface area contributed by atoms with E-state index in [1.807, 2.05) is 49.4 Å². The van der Waals surface area contributed by atoms with Crippen molar-refractivity contribution in [3.8, 4) is 11.5 Å². The van der Waals surface area contributed by atoms with Crippen molar-refractivity contribution in [1.29, 1.82) is 0 Å². The van der Waals surface area contributed by atoms with Crippen LogP contribution in [0.3, 0.4) is 0 Å². The van der Waals surface area contributed by atoms with Gasteiger partial charge < -0.3 is 40.0 Å². The highest BCUT2D eigenvalue weighted by Crippen LogP contribution is 2.17. The van der Waals surface area contributed by atoms with E-state index >= 15 is 0 Å². The van der Waals surface area contributed by atoms with E-state index in [1.165, 1.54) is 0 Å². The molecule has 0 unspecified atom stereocenters. The van der Waals surface area contributed by atoms with E-state index in [0.29, 0.717) is 88.7 Å². The molecule has 66 heavy (non-hydrogen) atoms. The van der Waals surface area contributed by atoms with Crippen molar-refractivity contribution in [2.75, 3.05) is 64.6 Å². The third-order valence-electron chi connectivity index (χ3n) is 10.3. The number of carboxylic acid groups (broad SMARTS) is 1. The van der Waals surface area contributed by atoms with E-state index in [1.54, 1.807) is 24.3 Å². The lowest BCUT2D eigenvalue weighted by molar-refractivity contribution is -0.137. The van der Waals surface area contributed by atoms with Gasteiger partial charge in [-0.05, 0) is 149 Å². The number of amides is 2. The topological polar surface area (TPSA) is 187 Å². The van der Waals surface area contributed by atoms with Gasteiger partial charge >= 0.3 is 5.97 Å². The molecule has 2 amide bonds. The van der Waals surface area contributed by atoms with Crippen LogP contribution in [0.25, 0.3) is 0 Å². The van der Waals surface area contributed by atoms with E-state index in [-0.39, 0.29) is 30.6 Å². The molecule has 0 aliphatic heterocycles. The number of thiocarbonyl (C=S) groups is 2. The Labute approximate surface area is 401 Å². The Morgan fingerprint density at radius 3 is 2.12 bits per heavy atom. The number of carbonyl (C=O) groups is 4. The third-order valence-corrected chi connectivity index (χ3v) is 10.8. The van der Waals surface area contributed by atoms with Crippen molar-refractivity contribution in [1.82, 2.24) is 15.6 Å². The maximum atomic E-state index is 13.1. The second kappa shape index (κ2) is 35.1. The summed E-state index contributed by atoms with van der Waals surface area (Å²) in [5.41, 5.74) is 2.23. The molecule has 0 radical (unpaired) electrons. The zero-order valence-corrected chi connectivity index (χ0v) is 40.2. The Hall–Kier alpha value is -5.12. The lowest BCUT2D eigenvalue weighted by Gasteiger charge is -2.18. The van der Waals surface area contributed by atoms with Crippen molar-refractivity contribution >= 4 is 63.8 Å². The number of hydrogen-bond acceptors (Lipinski definition) is 13. The van der Waals surface area contributed by atoms with Gasteiger partial charge in [0.15, 0.2) is 0 Å². The molecule has 0 fully saturated rings. The van der Waals surface area contributed by atoms with Gasteiger partial charge in [0, 0.05) is 56.4 Å². The van der Waals surface area contributed by atoms with Gasteiger partial charge in [-0.15, -0.1) is 0 Å². The molecule has 3 rings (SSSR count). The molecule has 2 aromatic carbocycles. The summed E-state index contributed by atoms with van der Waals surface area (Å²) < 4.78 is 22.7. The van der Waals surface area contributed by atoms with Crippen molar-refractivity contribution in [3.63, 3.8) is 0 Å². The Bertz CT molecular complexity index is 1930. The molecule has 0 saturated carbocycles. The summed E-state index contributed by atoms with van der Waals surface area (Å²) in [5, 5.41) is 20.9. The van der Waals surface area contributed by atoms with Gasteiger partial charge in [0.2, 0.25) is 5.91 Å². The van der Waals surface area contributed by atoms with Gasteiger partial charge in [0.1, 0.15) is 29.7 Å². The van der Waals surface area contributed by atoms with Gasteiger partial charge in [-0.25, -0.2) is 9.98 Å². The predicted molar refractivity (Wildman–Crippen MR) is 265 cm³/mol. The quantitative estimate of drug-likeness (QED) is 0.0242. The Morgan fingerprint density at radius 1 is 0.727 bits per heavy atom. The molecule has 14 nitrogen and oxygen atoms in total. The second-order valence-corrected chi connectivity index (χ2v) is 16.8. The number of carboxylic acids is 1. The van der Waals surface area contributed by atoms with Crippen molar-refractivity contribution in [3.05, 3.63) is 83.6 Å². The molecule has 1 aromatic heterocycles. The summed E-state index contributed by atoms with van der Waals surface area (Å²) in [7, 11) is 0. The number of nitrogens with zero attached hydrogens (tertiary/aromatic N) is 2. The fourth-order valence-corrected chi connectivity index (χ4v) is 7.12. The number of ketones is 1. The summed E-state index contributed by atoms with van der Waals surface area (Å²) in [6, 6.07) is 19.4. The molecule has 360 valence electrons. The van der Waals surface area contributed by atoms with E-state index < -0.39 is 12.0 Å². The fourth-order valence-electron chi connectivity index (χ4n) is 6.74.